The Bertz CT molecular complexity index is 1570. The van der Waals surface area contributed by atoms with E-state index in [9.17, 15) is 9.18 Å². The smallest absolute Gasteiger partial charge is 0.221 e. The number of fused-ring (bicyclic) bond motifs is 1. The minimum absolute atomic E-state index is 0.159. The number of pyridine rings is 2. The van der Waals surface area contributed by atoms with Gasteiger partial charge in [0.15, 0.2) is 0 Å². The molecule has 0 radical (unpaired) electrons. The molecule has 1 amide bonds. The zero-order valence-electron chi connectivity index (χ0n) is 20.0. The van der Waals surface area contributed by atoms with Gasteiger partial charge >= 0.3 is 0 Å². The van der Waals surface area contributed by atoms with Crippen LogP contribution in [0.25, 0.3) is 27.6 Å². The van der Waals surface area contributed by atoms with E-state index in [-0.39, 0.29) is 17.6 Å². The van der Waals surface area contributed by atoms with Crippen molar-refractivity contribution in [2.75, 3.05) is 5.32 Å². The van der Waals surface area contributed by atoms with Gasteiger partial charge in [-0.3, -0.25) is 14.8 Å². The van der Waals surface area contributed by atoms with Gasteiger partial charge in [-0.25, -0.2) is 4.39 Å². The van der Waals surface area contributed by atoms with E-state index in [4.69, 9.17) is 5.41 Å². The van der Waals surface area contributed by atoms with Gasteiger partial charge < -0.3 is 10.7 Å². The number of amides is 1. The molecular formula is C30H25FN4O. The van der Waals surface area contributed by atoms with Crippen molar-refractivity contribution < 1.29 is 9.18 Å². The summed E-state index contributed by atoms with van der Waals surface area (Å²) in [5.74, 6) is -0.237. The van der Waals surface area contributed by atoms with Crippen molar-refractivity contribution in [2.45, 2.75) is 20.3 Å². The molecule has 1 unspecified atom stereocenters. The van der Waals surface area contributed by atoms with Crippen LogP contribution in [0, 0.1) is 24.1 Å². The summed E-state index contributed by atoms with van der Waals surface area (Å²) in [5.41, 5.74) is 7.91. The lowest BCUT2D eigenvalue weighted by atomic mass is 9.90. The average Bonchev–Trinajstić information content (AvgIpc) is 3.33. The van der Waals surface area contributed by atoms with Crippen molar-refractivity contribution in [1.82, 2.24) is 9.97 Å². The monoisotopic (exact) mass is 476 g/mol. The van der Waals surface area contributed by atoms with Crippen LogP contribution in [0.2, 0.25) is 0 Å². The van der Waals surface area contributed by atoms with Crippen molar-refractivity contribution in [2.24, 2.45) is 5.92 Å². The van der Waals surface area contributed by atoms with Crippen molar-refractivity contribution >= 4 is 34.3 Å². The summed E-state index contributed by atoms with van der Waals surface area (Å²) >= 11 is 0. The first-order chi connectivity index (χ1) is 17.4. The minimum Gasteiger partial charge on any atom is -0.326 e. The number of nitrogens with zero attached hydrogens (tertiary/aromatic N) is 2. The molecule has 4 aromatic rings. The van der Waals surface area contributed by atoms with Crippen LogP contribution in [0.1, 0.15) is 29.3 Å². The molecule has 0 bridgehead atoms. The van der Waals surface area contributed by atoms with Crippen LogP contribution in [0.3, 0.4) is 0 Å². The van der Waals surface area contributed by atoms with Crippen LogP contribution in [-0.4, -0.2) is 22.1 Å². The molecule has 0 aliphatic heterocycles. The molecule has 2 aromatic heterocycles. The molecule has 2 heterocycles. The van der Waals surface area contributed by atoms with Crippen molar-refractivity contribution in [3.8, 4) is 11.1 Å². The highest BCUT2D eigenvalue weighted by Crippen LogP contribution is 2.33. The van der Waals surface area contributed by atoms with E-state index >= 15 is 0 Å². The molecule has 1 aliphatic rings. The second-order valence-corrected chi connectivity index (χ2v) is 9.00. The minimum atomic E-state index is -0.217. The van der Waals surface area contributed by atoms with Gasteiger partial charge in [0.2, 0.25) is 5.91 Å². The molecule has 2 aromatic carbocycles. The SMILES string of the molecule is CC(=O)Nc1ccc(-c2cnc3cnc(C4=CC=CC4Cc4ccc(F)cc4C)cc3c2)cc1C=N. The van der Waals surface area contributed by atoms with Gasteiger partial charge in [-0.1, -0.05) is 30.4 Å². The molecular weight excluding hydrogens is 451 g/mol. The van der Waals surface area contributed by atoms with Crippen LogP contribution in [-0.2, 0) is 11.2 Å². The Morgan fingerprint density at radius 1 is 1.08 bits per heavy atom. The van der Waals surface area contributed by atoms with Crippen molar-refractivity contribution in [1.29, 1.82) is 5.41 Å². The van der Waals surface area contributed by atoms with Crippen LogP contribution in [0.4, 0.5) is 10.1 Å². The van der Waals surface area contributed by atoms with Gasteiger partial charge in [0.1, 0.15) is 5.82 Å². The molecule has 6 heteroatoms. The fourth-order valence-corrected chi connectivity index (χ4v) is 4.61. The number of rotatable bonds is 6. The number of carbonyl (C=O) groups excluding carboxylic acids is 1. The van der Waals surface area contributed by atoms with Gasteiger partial charge in [0.25, 0.3) is 0 Å². The van der Waals surface area contributed by atoms with Crippen molar-refractivity contribution in [3.63, 3.8) is 0 Å². The summed E-state index contributed by atoms with van der Waals surface area (Å²) in [6, 6.07) is 14.6. The first kappa shape index (κ1) is 23.3. The molecule has 5 nitrogen and oxygen atoms in total. The number of aromatic nitrogens is 2. The lowest BCUT2D eigenvalue weighted by molar-refractivity contribution is -0.114. The highest BCUT2D eigenvalue weighted by atomic mass is 19.1. The van der Waals surface area contributed by atoms with E-state index in [2.05, 4.69) is 45.6 Å². The highest BCUT2D eigenvalue weighted by molar-refractivity contribution is 5.97. The molecule has 5 rings (SSSR count). The summed E-state index contributed by atoms with van der Waals surface area (Å²) in [6.45, 7) is 3.38. The van der Waals surface area contributed by atoms with Crippen LogP contribution < -0.4 is 5.32 Å². The Morgan fingerprint density at radius 2 is 1.94 bits per heavy atom. The fraction of sp³-hybridized carbons (Fsp3) is 0.133. The van der Waals surface area contributed by atoms with E-state index in [1.165, 1.54) is 19.2 Å². The lowest BCUT2D eigenvalue weighted by Crippen LogP contribution is -2.08. The summed E-state index contributed by atoms with van der Waals surface area (Å²) in [7, 11) is 0. The Kier molecular flexibility index (Phi) is 6.25. The normalized spacial score (nSPS) is 14.6. The molecule has 0 spiro atoms. The Morgan fingerprint density at radius 3 is 2.72 bits per heavy atom. The zero-order valence-corrected chi connectivity index (χ0v) is 20.0. The second kappa shape index (κ2) is 9.66. The van der Waals surface area contributed by atoms with E-state index in [0.717, 1.165) is 50.8 Å². The first-order valence-electron chi connectivity index (χ1n) is 11.7. The van der Waals surface area contributed by atoms with Crippen LogP contribution in [0.5, 0.6) is 0 Å². The largest absolute Gasteiger partial charge is 0.326 e. The molecule has 178 valence electrons. The molecule has 1 aliphatic carbocycles. The third-order valence-electron chi connectivity index (χ3n) is 6.48. The number of anilines is 1. The summed E-state index contributed by atoms with van der Waals surface area (Å²) in [4.78, 5) is 20.7. The van der Waals surface area contributed by atoms with E-state index in [0.29, 0.717) is 11.3 Å². The average molecular weight is 477 g/mol. The maximum atomic E-state index is 13.5. The number of allylic oxidation sites excluding steroid dienone is 4. The number of nitrogens with one attached hydrogen (secondary N) is 2. The molecule has 0 saturated heterocycles. The molecule has 0 fully saturated rings. The second-order valence-electron chi connectivity index (χ2n) is 9.00. The quantitative estimate of drug-likeness (QED) is 0.311. The van der Waals surface area contributed by atoms with E-state index in [1.54, 1.807) is 24.5 Å². The number of hydrogen-bond acceptors (Lipinski definition) is 4. The maximum absolute atomic E-state index is 13.5. The van der Waals surface area contributed by atoms with Gasteiger partial charge in [0.05, 0.1) is 17.4 Å². The predicted molar refractivity (Wildman–Crippen MR) is 143 cm³/mol. The topological polar surface area (TPSA) is 78.7 Å². The summed E-state index contributed by atoms with van der Waals surface area (Å²) in [5, 5.41) is 11.5. The Labute approximate surface area is 208 Å². The Hall–Kier alpha value is -4.45. The van der Waals surface area contributed by atoms with Gasteiger partial charge in [-0.2, -0.15) is 0 Å². The van der Waals surface area contributed by atoms with Gasteiger partial charge in [-0.05, 0) is 72.0 Å². The number of hydrogen-bond donors (Lipinski definition) is 2. The number of halogens is 1. The van der Waals surface area contributed by atoms with Gasteiger partial charge in [0, 0.05) is 47.5 Å². The molecule has 1 atom stereocenters. The lowest BCUT2D eigenvalue weighted by Gasteiger charge is -2.16. The molecule has 36 heavy (non-hydrogen) atoms. The number of benzene rings is 2. The number of aryl methyl sites for hydroxylation is 1. The zero-order chi connectivity index (χ0) is 25.2. The van der Waals surface area contributed by atoms with Crippen molar-refractivity contribution in [3.05, 3.63) is 107 Å². The summed E-state index contributed by atoms with van der Waals surface area (Å²) in [6.07, 6.45) is 11.9. The molecule has 2 N–H and O–H groups in total. The van der Waals surface area contributed by atoms with Crippen LogP contribution in [0.15, 0.2) is 79.2 Å². The summed E-state index contributed by atoms with van der Waals surface area (Å²) < 4.78 is 13.5. The third-order valence-corrected chi connectivity index (χ3v) is 6.48. The van der Waals surface area contributed by atoms with Gasteiger partial charge in [-0.15, -0.1) is 0 Å². The van der Waals surface area contributed by atoms with E-state index < -0.39 is 0 Å². The Balaban J connectivity index is 1.46. The predicted octanol–water partition coefficient (Wildman–Crippen LogP) is 6.51. The van der Waals surface area contributed by atoms with E-state index in [1.807, 2.05) is 25.1 Å². The standard InChI is InChI=1S/C30H25FN4O/c1-18-10-26(31)8-6-20(18)11-22-4-3-5-27(22)29-14-23-13-25(16-33-30(23)17-34-29)21-7-9-28(35-19(2)36)24(12-21)15-32/h3-10,12-17,22,32H,11H2,1-2H3,(H,35,36). The highest BCUT2D eigenvalue weighted by Gasteiger charge is 2.20. The first-order valence-corrected chi connectivity index (χ1v) is 11.7. The van der Waals surface area contributed by atoms with Crippen LogP contribution >= 0.6 is 0 Å². The number of carbonyl (C=O) groups is 1. The third kappa shape index (κ3) is 4.70. The molecule has 0 saturated carbocycles. The fourth-order valence-electron chi connectivity index (χ4n) is 4.61. The maximum Gasteiger partial charge on any atom is 0.221 e.